The van der Waals surface area contributed by atoms with E-state index in [4.69, 9.17) is 29.0 Å². The number of hydrogen-bond acceptors (Lipinski definition) is 11. The minimum Gasteiger partial charge on any atom is -0.464 e. The van der Waals surface area contributed by atoms with Gasteiger partial charge >= 0.3 is 13.7 Å². The van der Waals surface area contributed by atoms with E-state index in [-0.39, 0.29) is 24.8 Å². The molecule has 1 aliphatic heterocycles. The SMILES string of the molecule is COC(C)(C)CCOC(=O)[C@H](C)NP(=O)(OC[C@@H]1CCC(C#N)(c2ccc3c(N)ncnn23)O1)Oc1ccccc1. The van der Waals surface area contributed by atoms with Gasteiger partial charge in [-0.2, -0.15) is 15.4 Å². The smallest absolute Gasteiger partial charge is 0.459 e. The predicted molar refractivity (Wildman–Crippen MR) is 149 cm³/mol. The van der Waals surface area contributed by atoms with E-state index in [2.05, 4.69) is 21.2 Å². The van der Waals surface area contributed by atoms with E-state index in [9.17, 15) is 14.6 Å². The standard InChI is InChI=1S/C27H35N6O7P/c1-19(25(34)37-15-14-26(2,3)36-4)32-41(35,40-20-8-6-5-7-9-20)38-16-21-12-13-27(17-28,39-21)23-11-10-22-24(29)30-18-31-33(22)23/h5-11,18-19,21H,12-16H2,1-4H3,(H,32,35)(H2,29,30,31)/t19-,21-,27?,41?/m0/s1. The Morgan fingerprint density at radius 1 is 1.34 bits per heavy atom. The van der Waals surface area contributed by atoms with E-state index in [1.807, 2.05) is 13.8 Å². The topological polar surface area (TPSA) is 172 Å². The number of fused-ring (bicyclic) bond motifs is 1. The Kier molecular flexibility index (Phi) is 9.31. The Balaban J connectivity index is 1.44. The molecule has 0 spiro atoms. The summed E-state index contributed by atoms with van der Waals surface area (Å²) in [6.07, 6.45) is 1.95. The predicted octanol–water partition coefficient (Wildman–Crippen LogP) is 3.75. The first-order valence-electron chi connectivity index (χ1n) is 13.2. The molecular weight excluding hydrogens is 551 g/mol. The van der Waals surface area contributed by atoms with Crippen LogP contribution in [0.4, 0.5) is 5.82 Å². The van der Waals surface area contributed by atoms with Gasteiger partial charge in [-0.05, 0) is 57.9 Å². The molecule has 1 fully saturated rings. The van der Waals surface area contributed by atoms with Crippen molar-refractivity contribution in [3.63, 3.8) is 0 Å². The van der Waals surface area contributed by atoms with E-state index in [1.165, 1.54) is 17.8 Å². The van der Waals surface area contributed by atoms with Gasteiger partial charge in [-0.1, -0.05) is 18.2 Å². The third-order valence-corrected chi connectivity index (χ3v) is 8.51. The highest BCUT2D eigenvalue weighted by Gasteiger charge is 2.45. The summed E-state index contributed by atoms with van der Waals surface area (Å²) in [5.74, 6) is -0.0712. The van der Waals surface area contributed by atoms with Gasteiger partial charge in [-0.25, -0.2) is 14.1 Å². The fourth-order valence-corrected chi connectivity index (χ4v) is 5.80. The molecule has 0 bridgehead atoms. The van der Waals surface area contributed by atoms with Crippen molar-refractivity contribution in [2.75, 3.05) is 26.1 Å². The monoisotopic (exact) mass is 586 g/mol. The molecule has 2 unspecified atom stereocenters. The number of carbonyl (C=O) groups is 1. The number of nitrogen functional groups attached to an aromatic ring is 1. The number of methoxy groups -OCH3 is 1. The summed E-state index contributed by atoms with van der Waals surface area (Å²) < 4.78 is 43.8. The Labute approximate surface area is 238 Å². The molecule has 0 saturated carbocycles. The number of hydrogen-bond donors (Lipinski definition) is 2. The Morgan fingerprint density at radius 2 is 2.10 bits per heavy atom. The summed E-state index contributed by atoms with van der Waals surface area (Å²) in [6, 6.07) is 13.1. The number of nitrogens with one attached hydrogen (secondary N) is 1. The normalized spacial score (nSPS) is 21.2. The molecule has 220 valence electrons. The van der Waals surface area contributed by atoms with Crippen LogP contribution in [0.15, 0.2) is 48.8 Å². The van der Waals surface area contributed by atoms with Gasteiger partial charge in [-0.3, -0.25) is 9.32 Å². The molecule has 41 heavy (non-hydrogen) atoms. The average Bonchev–Trinajstić information content (AvgIpc) is 3.58. The molecule has 0 aliphatic carbocycles. The van der Waals surface area contributed by atoms with Gasteiger partial charge in [0.05, 0.1) is 30.6 Å². The summed E-state index contributed by atoms with van der Waals surface area (Å²) in [7, 11) is -2.53. The van der Waals surface area contributed by atoms with Crippen LogP contribution in [-0.4, -0.2) is 58.6 Å². The van der Waals surface area contributed by atoms with Crippen molar-refractivity contribution >= 4 is 25.1 Å². The number of esters is 1. The van der Waals surface area contributed by atoms with Crippen LogP contribution in [0.25, 0.3) is 5.52 Å². The Hall–Kier alpha value is -3.53. The maximum absolute atomic E-state index is 13.9. The number of ether oxygens (including phenoxy) is 3. The molecule has 1 aromatic carbocycles. The molecule has 0 amide bonds. The molecule has 4 rings (SSSR count). The van der Waals surface area contributed by atoms with Crippen molar-refractivity contribution in [3.8, 4) is 11.8 Å². The highest BCUT2D eigenvalue weighted by Crippen LogP contribution is 2.47. The van der Waals surface area contributed by atoms with Gasteiger partial charge in [0.1, 0.15) is 29.7 Å². The summed E-state index contributed by atoms with van der Waals surface area (Å²) in [4.78, 5) is 16.6. The number of nitrogens with zero attached hydrogens (tertiary/aromatic N) is 4. The number of aromatic nitrogens is 3. The Bertz CT molecular complexity index is 1440. The minimum absolute atomic E-state index is 0.119. The summed E-state index contributed by atoms with van der Waals surface area (Å²) >= 11 is 0. The highest BCUT2D eigenvalue weighted by molar-refractivity contribution is 7.52. The largest absolute Gasteiger partial charge is 0.464 e. The molecule has 3 heterocycles. The quantitative estimate of drug-likeness (QED) is 0.220. The molecule has 1 aliphatic rings. The Morgan fingerprint density at radius 3 is 2.80 bits per heavy atom. The molecule has 1 saturated heterocycles. The van der Waals surface area contributed by atoms with Crippen LogP contribution in [0.3, 0.4) is 0 Å². The molecule has 3 aromatic rings. The van der Waals surface area contributed by atoms with Crippen molar-refractivity contribution in [2.45, 2.75) is 63.4 Å². The maximum atomic E-state index is 13.9. The van der Waals surface area contributed by atoms with E-state index in [1.54, 1.807) is 49.6 Å². The molecule has 14 heteroatoms. The summed E-state index contributed by atoms with van der Waals surface area (Å²) in [5.41, 5.74) is 5.21. The molecule has 3 N–H and O–H groups in total. The zero-order valence-corrected chi connectivity index (χ0v) is 24.4. The fourth-order valence-electron chi connectivity index (χ4n) is 4.28. The lowest BCUT2D eigenvalue weighted by Gasteiger charge is -2.26. The molecule has 0 radical (unpaired) electrons. The van der Waals surface area contributed by atoms with Gasteiger partial charge < -0.3 is 24.5 Å². The van der Waals surface area contributed by atoms with Gasteiger partial charge in [-0.15, -0.1) is 0 Å². The number of anilines is 1. The van der Waals surface area contributed by atoms with E-state index in [0.717, 1.165) is 0 Å². The summed E-state index contributed by atoms with van der Waals surface area (Å²) in [6.45, 7) is 5.21. The lowest BCUT2D eigenvalue weighted by Crippen LogP contribution is -2.36. The first-order valence-corrected chi connectivity index (χ1v) is 14.7. The van der Waals surface area contributed by atoms with Crippen LogP contribution in [0, 0.1) is 11.3 Å². The zero-order valence-electron chi connectivity index (χ0n) is 23.5. The number of nitriles is 1. The second-order valence-electron chi connectivity index (χ2n) is 10.3. The number of para-hydroxylation sites is 1. The van der Waals surface area contributed by atoms with Crippen LogP contribution >= 0.6 is 7.75 Å². The molecular formula is C27H35N6O7P. The number of benzene rings is 1. The van der Waals surface area contributed by atoms with Crippen molar-refractivity contribution in [1.29, 1.82) is 5.26 Å². The lowest BCUT2D eigenvalue weighted by molar-refractivity contribution is -0.146. The van der Waals surface area contributed by atoms with Crippen molar-refractivity contribution in [2.24, 2.45) is 0 Å². The van der Waals surface area contributed by atoms with Crippen LogP contribution in [-0.2, 0) is 33.7 Å². The van der Waals surface area contributed by atoms with Crippen LogP contribution in [0.5, 0.6) is 5.75 Å². The van der Waals surface area contributed by atoms with E-state index < -0.39 is 37.1 Å². The second kappa shape index (κ2) is 12.5. The maximum Gasteiger partial charge on any atom is 0.459 e. The molecule has 2 aromatic heterocycles. The number of rotatable bonds is 13. The average molecular weight is 587 g/mol. The van der Waals surface area contributed by atoms with Crippen molar-refractivity contribution in [3.05, 3.63) is 54.5 Å². The zero-order chi connectivity index (χ0) is 29.7. The van der Waals surface area contributed by atoms with Crippen LogP contribution in [0.1, 0.15) is 45.7 Å². The fraction of sp³-hybridized carbons (Fsp3) is 0.481. The van der Waals surface area contributed by atoms with Gasteiger partial charge in [0.15, 0.2) is 11.4 Å². The third-order valence-electron chi connectivity index (χ3n) is 6.87. The number of carbonyl (C=O) groups excluding carboxylic acids is 1. The first-order chi connectivity index (χ1) is 19.5. The first kappa shape index (κ1) is 30.4. The summed E-state index contributed by atoms with van der Waals surface area (Å²) in [5, 5.41) is 17.0. The number of nitrogens with two attached hydrogens (primary N) is 1. The van der Waals surface area contributed by atoms with Gasteiger partial charge in [0.25, 0.3) is 0 Å². The van der Waals surface area contributed by atoms with Crippen molar-refractivity contribution < 1.29 is 32.6 Å². The molecule has 13 nitrogen and oxygen atoms in total. The van der Waals surface area contributed by atoms with Crippen LogP contribution < -0.4 is 15.3 Å². The van der Waals surface area contributed by atoms with E-state index >= 15 is 0 Å². The van der Waals surface area contributed by atoms with E-state index in [0.29, 0.717) is 30.5 Å². The van der Waals surface area contributed by atoms with Gasteiger partial charge in [0.2, 0.25) is 0 Å². The third kappa shape index (κ3) is 7.22. The second-order valence-corrected chi connectivity index (χ2v) is 12.0. The highest BCUT2D eigenvalue weighted by atomic mass is 31.2. The van der Waals surface area contributed by atoms with Crippen molar-refractivity contribution in [1.82, 2.24) is 19.7 Å². The minimum atomic E-state index is -4.11. The van der Waals surface area contributed by atoms with Crippen LogP contribution in [0.2, 0.25) is 0 Å². The van der Waals surface area contributed by atoms with Gasteiger partial charge in [0, 0.05) is 13.5 Å². The molecule has 4 atom stereocenters. The lowest BCUT2D eigenvalue weighted by atomic mass is 9.98.